The molecule has 0 bridgehead atoms. The lowest BCUT2D eigenvalue weighted by atomic mass is 9.61. The van der Waals surface area contributed by atoms with Crippen molar-refractivity contribution in [2.45, 2.75) is 31.6 Å². The molecule has 2 saturated heterocycles. The number of hydrogen-bond donors (Lipinski definition) is 2. The van der Waals surface area contributed by atoms with Crippen molar-refractivity contribution >= 4 is 17.5 Å². The van der Waals surface area contributed by atoms with Gasteiger partial charge in [-0.3, -0.25) is 10.00 Å². The molecule has 2 aliphatic heterocycles. The molecule has 1 saturated carbocycles. The Balaban J connectivity index is 1.06. The first-order chi connectivity index (χ1) is 20.3. The summed E-state index contributed by atoms with van der Waals surface area (Å²) in [5.74, 6) is -0.699. The van der Waals surface area contributed by atoms with Crippen molar-refractivity contribution in [1.82, 2.24) is 34.8 Å². The molecule has 220 valence electrons. The van der Waals surface area contributed by atoms with Crippen LogP contribution in [0.2, 0.25) is 0 Å². The van der Waals surface area contributed by atoms with Gasteiger partial charge in [-0.25, -0.2) is 18.4 Å². The van der Waals surface area contributed by atoms with Crippen LogP contribution in [0.15, 0.2) is 42.7 Å². The van der Waals surface area contributed by atoms with Gasteiger partial charge in [0.1, 0.15) is 18.2 Å². The predicted molar refractivity (Wildman–Crippen MR) is 151 cm³/mol. The topological polar surface area (TPSA) is 100 Å². The normalized spacial score (nSPS) is 19.1. The van der Waals surface area contributed by atoms with E-state index in [1.54, 1.807) is 30.1 Å². The number of aromatic amines is 1. The molecule has 10 nitrogen and oxygen atoms in total. The van der Waals surface area contributed by atoms with E-state index in [4.69, 9.17) is 4.74 Å². The molecule has 0 radical (unpaired) electrons. The molecule has 7 rings (SSSR count). The molecule has 1 aliphatic carbocycles. The minimum absolute atomic E-state index is 0.0314. The van der Waals surface area contributed by atoms with Gasteiger partial charge < -0.3 is 15.0 Å². The van der Waals surface area contributed by atoms with Crippen molar-refractivity contribution in [1.29, 1.82) is 0 Å². The van der Waals surface area contributed by atoms with E-state index in [1.165, 1.54) is 19.0 Å². The molecule has 0 atom stereocenters. The van der Waals surface area contributed by atoms with E-state index in [9.17, 15) is 13.2 Å². The van der Waals surface area contributed by atoms with Crippen LogP contribution in [0, 0.1) is 11.4 Å². The summed E-state index contributed by atoms with van der Waals surface area (Å²) in [5, 5.41) is 14.0. The number of halogens is 3. The van der Waals surface area contributed by atoms with Gasteiger partial charge in [-0.2, -0.15) is 14.5 Å². The zero-order valence-corrected chi connectivity index (χ0v) is 23.3. The molecule has 3 fully saturated rings. The second-order valence-electron chi connectivity index (χ2n) is 11.7. The van der Waals surface area contributed by atoms with Crippen LogP contribution in [-0.2, 0) is 7.05 Å². The van der Waals surface area contributed by atoms with Gasteiger partial charge in [-0.15, -0.1) is 5.10 Å². The number of likely N-dealkylation sites (tertiary alicyclic amines) is 1. The third-order valence-corrected chi connectivity index (χ3v) is 8.41. The van der Waals surface area contributed by atoms with Gasteiger partial charge in [0.15, 0.2) is 5.82 Å². The van der Waals surface area contributed by atoms with E-state index in [1.807, 2.05) is 23.1 Å². The Morgan fingerprint density at radius 2 is 1.83 bits per heavy atom. The van der Waals surface area contributed by atoms with Crippen molar-refractivity contribution in [3.8, 4) is 28.3 Å². The summed E-state index contributed by atoms with van der Waals surface area (Å²) in [6.45, 7) is 4.67. The average molecular weight is 580 g/mol. The minimum atomic E-state index is -2.51. The van der Waals surface area contributed by atoms with Gasteiger partial charge in [-0.05, 0) is 55.8 Å². The fourth-order valence-electron chi connectivity index (χ4n) is 6.31. The predicted octanol–water partition coefficient (Wildman–Crippen LogP) is 4.86. The molecular weight excluding hydrogens is 547 g/mol. The van der Waals surface area contributed by atoms with Crippen LogP contribution >= 0.6 is 0 Å². The Morgan fingerprint density at radius 1 is 1.05 bits per heavy atom. The number of benzene rings is 1. The highest BCUT2D eigenvalue weighted by Crippen LogP contribution is 2.57. The quantitative estimate of drug-likeness (QED) is 0.290. The summed E-state index contributed by atoms with van der Waals surface area (Å²) in [5.41, 5.74) is 2.16. The molecule has 13 heteroatoms. The third-order valence-electron chi connectivity index (χ3n) is 8.41. The Kier molecular flexibility index (Phi) is 6.56. The number of nitrogens with one attached hydrogen (secondary N) is 2. The first-order valence-corrected chi connectivity index (χ1v) is 14.2. The fraction of sp³-hybridized carbons (Fsp3) is 0.448. The van der Waals surface area contributed by atoms with Gasteiger partial charge >= 0.3 is 0 Å². The molecule has 1 spiro atoms. The molecule has 0 amide bonds. The molecule has 5 heterocycles. The minimum Gasteiger partial charge on any atom is -0.490 e. The number of nitrogens with zero attached hydrogens (tertiary/aromatic N) is 7. The molecule has 4 aromatic rings. The van der Waals surface area contributed by atoms with Crippen molar-refractivity contribution in [3.05, 3.63) is 48.7 Å². The second kappa shape index (κ2) is 10.3. The van der Waals surface area contributed by atoms with E-state index in [0.29, 0.717) is 54.0 Å². The van der Waals surface area contributed by atoms with Gasteiger partial charge in [0.05, 0.1) is 17.4 Å². The zero-order valence-electron chi connectivity index (χ0n) is 23.3. The Hall–Kier alpha value is -4.13. The molecular formula is C29H32F3N9O. The zero-order chi connectivity index (χ0) is 28.9. The molecule has 42 heavy (non-hydrogen) atoms. The van der Waals surface area contributed by atoms with E-state index in [0.717, 1.165) is 31.0 Å². The number of anilines is 3. The highest BCUT2D eigenvalue weighted by atomic mass is 19.3. The monoisotopic (exact) mass is 579 g/mol. The maximum atomic E-state index is 14.2. The van der Waals surface area contributed by atoms with Crippen LogP contribution in [0.4, 0.5) is 30.6 Å². The summed E-state index contributed by atoms with van der Waals surface area (Å²) in [6.07, 6.45) is 5.50. The van der Waals surface area contributed by atoms with Crippen LogP contribution in [0.3, 0.4) is 0 Å². The van der Waals surface area contributed by atoms with Crippen LogP contribution in [0.25, 0.3) is 22.5 Å². The molecule has 0 unspecified atom stereocenters. The van der Waals surface area contributed by atoms with Crippen molar-refractivity contribution in [3.63, 3.8) is 0 Å². The standard InChI is InChI=1S/C29H32F3N9O/c1-39-27(36-26(38-39)20-5-7-24(33-13-20)41-17-28(18-41)15-29(31,32)16-28)35-22-6-4-19(21-14-34-37-25(21)30)12-23(22)42-11-10-40-8-2-3-9-40/h4-7,12-14H,2-3,8-11,15-18H2,1H3,(H,34,37)(H,35,36,38). The Labute approximate surface area is 240 Å². The lowest BCUT2D eigenvalue weighted by molar-refractivity contribution is -0.170. The van der Waals surface area contributed by atoms with Crippen LogP contribution in [-0.4, -0.2) is 80.1 Å². The smallest absolute Gasteiger partial charge is 0.249 e. The number of aryl methyl sites for hydroxylation is 1. The number of aromatic nitrogens is 6. The SMILES string of the molecule is Cn1nc(-c2ccc(N3CC4(C3)CC(F)(F)C4)nc2)nc1Nc1ccc(-c2cn[nH]c2F)cc1OCCN1CCCC1. The van der Waals surface area contributed by atoms with Crippen molar-refractivity contribution in [2.75, 3.05) is 49.5 Å². The summed E-state index contributed by atoms with van der Waals surface area (Å²) in [4.78, 5) is 13.6. The van der Waals surface area contributed by atoms with E-state index < -0.39 is 11.9 Å². The van der Waals surface area contributed by atoms with Crippen LogP contribution < -0.4 is 15.0 Å². The largest absolute Gasteiger partial charge is 0.490 e. The number of alkyl halides is 2. The van der Waals surface area contributed by atoms with Gasteiger partial charge in [0.25, 0.3) is 0 Å². The van der Waals surface area contributed by atoms with E-state index >= 15 is 0 Å². The number of H-pyrrole nitrogens is 1. The van der Waals surface area contributed by atoms with Gasteiger partial charge in [-0.1, -0.05) is 6.07 Å². The lowest BCUT2D eigenvalue weighted by Crippen LogP contribution is -2.66. The fourth-order valence-corrected chi connectivity index (χ4v) is 6.31. The maximum Gasteiger partial charge on any atom is 0.249 e. The summed E-state index contributed by atoms with van der Waals surface area (Å²) in [7, 11) is 1.79. The Bertz CT molecular complexity index is 1560. The van der Waals surface area contributed by atoms with Crippen molar-refractivity contribution < 1.29 is 17.9 Å². The van der Waals surface area contributed by atoms with E-state index in [-0.39, 0.29) is 18.3 Å². The molecule has 1 aromatic carbocycles. The molecule has 3 aromatic heterocycles. The first kappa shape index (κ1) is 26.7. The lowest BCUT2D eigenvalue weighted by Gasteiger charge is -2.59. The summed E-state index contributed by atoms with van der Waals surface area (Å²) < 4.78 is 48.7. The maximum absolute atomic E-state index is 14.2. The van der Waals surface area contributed by atoms with Crippen molar-refractivity contribution in [2.24, 2.45) is 12.5 Å². The molecule has 3 aliphatic rings. The third kappa shape index (κ3) is 5.17. The summed E-state index contributed by atoms with van der Waals surface area (Å²) in [6, 6.07) is 9.19. The van der Waals surface area contributed by atoms with Crippen LogP contribution in [0.1, 0.15) is 25.7 Å². The average Bonchev–Trinajstić information content (AvgIpc) is 3.69. The van der Waals surface area contributed by atoms with Crippen LogP contribution in [0.5, 0.6) is 5.75 Å². The number of hydrogen-bond acceptors (Lipinski definition) is 8. The molecule has 2 N–H and O–H groups in total. The number of rotatable bonds is 9. The highest BCUT2D eigenvalue weighted by molar-refractivity contribution is 5.73. The summed E-state index contributed by atoms with van der Waals surface area (Å²) >= 11 is 0. The Morgan fingerprint density at radius 3 is 2.52 bits per heavy atom. The number of pyridine rings is 1. The highest BCUT2D eigenvalue weighted by Gasteiger charge is 2.61. The van der Waals surface area contributed by atoms with Gasteiger partial charge in [0, 0.05) is 56.7 Å². The van der Waals surface area contributed by atoms with E-state index in [2.05, 4.69) is 35.5 Å². The number of ether oxygens (including phenoxy) is 1. The second-order valence-corrected chi connectivity index (χ2v) is 11.7. The first-order valence-electron chi connectivity index (χ1n) is 14.2. The van der Waals surface area contributed by atoms with Gasteiger partial charge in [0.2, 0.25) is 17.8 Å².